The normalized spacial score (nSPS) is 21.0. The number of amides is 2. The second-order valence-corrected chi connectivity index (χ2v) is 7.63. The first kappa shape index (κ1) is 17.8. The Hall–Kier alpha value is -2.62. The summed E-state index contributed by atoms with van der Waals surface area (Å²) in [6.07, 6.45) is 5.63. The Morgan fingerprint density at radius 1 is 1.00 bits per heavy atom. The van der Waals surface area contributed by atoms with E-state index in [2.05, 4.69) is 5.32 Å². The monoisotopic (exact) mass is 362 g/mol. The summed E-state index contributed by atoms with van der Waals surface area (Å²) in [7, 11) is 0. The van der Waals surface area contributed by atoms with Crippen LogP contribution in [0, 0.1) is 0 Å². The fraction of sp³-hybridized carbons (Fsp3) is 0.391. The van der Waals surface area contributed by atoms with Gasteiger partial charge in [-0.3, -0.25) is 9.59 Å². The Labute approximate surface area is 160 Å². The number of benzene rings is 2. The van der Waals surface area contributed by atoms with Gasteiger partial charge in [-0.1, -0.05) is 67.8 Å². The highest BCUT2D eigenvalue weighted by Crippen LogP contribution is 2.40. The number of fused-ring (bicyclic) bond motifs is 1. The molecule has 2 aromatic rings. The lowest BCUT2D eigenvalue weighted by Gasteiger charge is -2.32. The van der Waals surface area contributed by atoms with E-state index in [1.54, 1.807) is 4.90 Å². The zero-order valence-corrected chi connectivity index (χ0v) is 15.7. The first-order valence-corrected chi connectivity index (χ1v) is 9.93. The maximum Gasteiger partial charge on any atom is 0.255 e. The van der Waals surface area contributed by atoms with Crippen LogP contribution in [-0.2, 0) is 4.79 Å². The van der Waals surface area contributed by atoms with E-state index in [-0.39, 0.29) is 23.9 Å². The quantitative estimate of drug-likeness (QED) is 0.877. The Morgan fingerprint density at radius 2 is 1.67 bits per heavy atom. The molecule has 0 spiro atoms. The van der Waals surface area contributed by atoms with Gasteiger partial charge >= 0.3 is 0 Å². The lowest BCUT2D eigenvalue weighted by molar-refractivity contribution is -0.127. The van der Waals surface area contributed by atoms with Crippen molar-refractivity contribution < 1.29 is 9.59 Å². The lowest BCUT2D eigenvalue weighted by atomic mass is 9.94. The molecule has 0 unspecified atom stereocenters. The minimum atomic E-state index is -0.564. The molecule has 140 valence electrons. The van der Waals surface area contributed by atoms with Crippen molar-refractivity contribution >= 4 is 11.8 Å². The van der Waals surface area contributed by atoms with E-state index >= 15 is 0 Å². The van der Waals surface area contributed by atoms with E-state index in [9.17, 15) is 9.59 Å². The molecule has 1 fully saturated rings. The average Bonchev–Trinajstić information content (AvgIpc) is 3.02. The summed E-state index contributed by atoms with van der Waals surface area (Å²) < 4.78 is 0. The van der Waals surface area contributed by atoms with Gasteiger partial charge in [0.15, 0.2) is 0 Å². The highest BCUT2D eigenvalue weighted by Gasteiger charge is 2.43. The third-order valence-electron chi connectivity index (χ3n) is 5.90. The number of nitrogens with zero attached hydrogens (tertiary/aromatic N) is 1. The molecule has 0 aromatic heterocycles. The molecule has 4 nitrogen and oxygen atoms in total. The van der Waals surface area contributed by atoms with Gasteiger partial charge in [-0.25, -0.2) is 0 Å². The van der Waals surface area contributed by atoms with Crippen molar-refractivity contribution in [3.8, 4) is 0 Å². The molecule has 0 saturated heterocycles. The van der Waals surface area contributed by atoms with Gasteiger partial charge in [0.25, 0.3) is 5.91 Å². The zero-order chi connectivity index (χ0) is 18.8. The van der Waals surface area contributed by atoms with Crippen LogP contribution in [0.3, 0.4) is 0 Å². The number of carbonyl (C=O) groups excluding carboxylic acids is 2. The van der Waals surface area contributed by atoms with Crippen LogP contribution < -0.4 is 5.32 Å². The Balaban J connectivity index is 1.66. The highest BCUT2D eigenvalue weighted by atomic mass is 16.2. The van der Waals surface area contributed by atoms with Crippen molar-refractivity contribution in [2.75, 3.05) is 0 Å². The van der Waals surface area contributed by atoms with E-state index in [1.165, 1.54) is 6.42 Å². The second-order valence-electron chi connectivity index (χ2n) is 7.63. The number of hydrogen-bond donors (Lipinski definition) is 1. The van der Waals surface area contributed by atoms with Gasteiger partial charge in [0.05, 0.1) is 6.04 Å². The van der Waals surface area contributed by atoms with E-state index in [1.807, 2.05) is 61.5 Å². The van der Waals surface area contributed by atoms with Crippen LogP contribution in [-0.4, -0.2) is 22.8 Å². The molecule has 0 radical (unpaired) electrons. The van der Waals surface area contributed by atoms with Crippen molar-refractivity contribution in [3.63, 3.8) is 0 Å². The van der Waals surface area contributed by atoms with E-state index in [4.69, 9.17) is 0 Å². The maximum absolute atomic E-state index is 13.3. The Kier molecular flexibility index (Phi) is 4.97. The summed E-state index contributed by atoms with van der Waals surface area (Å²) in [5.74, 6) is -0.117. The molecule has 27 heavy (non-hydrogen) atoms. The molecule has 1 aliphatic carbocycles. The zero-order valence-electron chi connectivity index (χ0n) is 15.7. The topological polar surface area (TPSA) is 49.4 Å². The van der Waals surface area contributed by atoms with E-state index < -0.39 is 6.04 Å². The molecule has 2 amide bonds. The summed E-state index contributed by atoms with van der Waals surface area (Å²) in [4.78, 5) is 28.2. The molecule has 4 rings (SSSR count). The van der Waals surface area contributed by atoms with Gasteiger partial charge in [-0.2, -0.15) is 0 Å². The van der Waals surface area contributed by atoms with Crippen LogP contribution in [0.4, 0.5) is 0 Å². The van der Waals surface area contributed by atoms with Crippen molar-refractivity contribution in [3.05, 3.63) is 71.3 Å². The number of nitrogens with one attached hydrogen (secondary N) is 1. The van der Waals surface area contributed by atoms with Crippen molar-refractivity contribution in [2.24, 2.45) is 0 Å². The number of carbonyl (C=O) groups is 2. The molecule has 4 heteroatoms. The molecule has 1 heterocycles. The molecule has 2 aromatic carbocycles. The fourth-order valence-electron chi connectivity index (χ4n) is 4.42. The minimum absolute atomic E-state index is 0.0528. The summed E-state index contributed by atoms with van der Waals surface area (Å²) in [5, 5.41) is 3.23. The second kappa shape index (κ2) is 7.55. The highest BCUT2D eigenvalue weighted by molar-refractivity contribution is 6.05. The largest absolute Gasteiger partial charge is 0.351 e. The molecular formula is C23H26N2O2. The van der Waals surface area contributed by atoms with Crippen molar-refractivity contribution in [1.82, 2.24) is 10.2 Å². The van der Waals surface area contributed by atoms with E-state index in [0.29, 0.717) is 5.56 Å². The number of rotatable bonds is 4. The molecule has 1 aliphatic heterocycles. The van der Waals surface area contributed by atoms with Gasteiger partial charge in [0.2, 0.25) is 5.91 Å². The molecule has 1 N–H and O–H groups in total. The van der Waals surface area contributed by atoms with Crippen LogP contribution in [0.25, 0.3) is 0 Å². The number of hydrogen-bond acceptors (Lipinski definition) is 2. The van der Waals surface area contributed by atoms with Crippen LogP contribution in [0.2, 0.25) is 0 Å². The first-order chi connectivity index (χ1) is 13.2. The van der Waals surface area contributed by atoms with Crippen molar-refractivity contribution in [2.45, 2.75) is 57.2 Å². The van der Waals surface area contributed by atoms with Gasteiger partial charge < -0.3 is 10.2 Å². The smallest absolute Gasteiger partial charge is 0.255 e. The Bertz CT molecular complexity index is 827. The van der Waals surface area contributed by atoms with Crippen LogP contribution in [0.1, 0.15) is 72.6 Å². The summed E-state index contributed by atoms with van der Waals surface area (Å²) in [5.41, 5.74) is 2.50. The van der Waals surface area contributed by atoms with Gasteiger partial charge in [-0.05, 0) is 37.0 Å². The third kappa shape index (κ3) is 3.36. The summed E-state index contributed by atoms with van der Waals surface area (Å²) in [6.45, 7) is 2.00. The summed E-state index contributed by atoms with van der Waals surface area (Å²) in [6, 6.07) is 16.9. The third-order valence-corrected chi connectivity index (χ3v) is 5.90. The summed E-state index contributed by atoms with van der Waals surface area (Å²) >= 11 is 0. The van der Waals surface area contributed by atoms with E-state index in [0.717, 1.165) is 36.8 Å². The standard InChI is InChI=1S/C23H26N2O2/c1-16(17-10-4-2-5-11-17)25-21(19-14-8-9-15-20(19)23(25)27)22(26)24-18-12-6-3-7-13-18/h2,4-5,8-11,14-16,18,21H,3,6-7,12-13H2,1H3,(H,24,26)/t16-,21+/m0/s1. The maximum atomic E-state index is 13.3. The fourth-order valence-corrected chi connectivity index (χ4v) is 4.42. The molecule has 2 aliphatic rings. The molecule has 2 atom stereocenters. The van der Waals surface area contributed by atoms with Gasteiger partial charge in [0.1, 0.15) is 6.04 Å². The Morgan fingerprint density at radius 3 is 2.41 bits per heavy atom. The molecular weight excluding hydrogens is 336 g/mol. The van der Waals surface area contributed by atoms with Gasteiger partial charge in [0, 0.05) is 11.6 Å². The van der Waals surface area contributed by atoms with Crippen LogP contribution in [0.15, 0.2) is 54.6 Å². The molecule has 0 bridgehead atoms. The molecule has 1 saturated carbocycles. The van der Waals surface area contributed by atoms with Crippen molar-refractivity contribution in [1.29, 1.82) is 0 Å². The lowest BCUT2D eigenvalue weighted by Crippen LogP contribution is -2.44. The predicted octanol–water partition coefficient (Wildman–Crippen LogP) is 4.39. The van der Waals surface area contributed by atoms with Crippen LogP contribution in [0.5, 0.6) is 0 Å². The average molecular weight is 362 g/mol. The predicted molar refractivity (Wildman–Crippen MR) is 105 cm³/mol. The van der Waals surface area contributed by atoms with Gasteiger partial charge in [-0.15, -0.1) is 0 Å². The minimum Gasteiger partial charge on any atom is -0.351 e. The first-order valence-electron chi connectivity index (χ1n) is 9.93. The van der Waals surface area contributed by atoms with Crippen LogP contribution >= 0.6 is 0 Å². The SMILES string of the molecule is C[C@@H](c1ccccc1)N1C(=O)c2ccccc2[C@@H]1C(=O)NC1CCCCC1.